The molecule has 1 heterocycles. The first kappa shape index (κ1) is 13.2. The van der Waals surface area contributed by atoms with Crippen molar-refractivity contribution in [1.82, 2.24) is 10.2 Å². The SMILES string of the molecule is NS(=O)(=O)c1ccc(NC(=O)c2cn[nH]c2)cc1F. The van der Waals surface area contributed by atoms with E-state index in [4.69, 9.17) is 5.14 Å². The summed E-state index contributed by atoms with van der Waals surface area (Å²) in [6, 6.07) is 3.09. The number of hydrogen-bond donors (Lipinski definition) is 3. The molecule has 2 rings (SSSR count). The number of hydrogen-bond acceptors (Lipinski definition) is 4. The number of carbonyl (C=O) groups excluding carboxylic acids is 1. The molecule has 0 bridgehead atoms. The zero-order valence-electron chi connectivity index (χ0n) is 9.42. The number of amides is 1. The van der Waals surface area contributed by atoms with Crippen molar-refractivity contribution in [2.24, 2.45) is 5.14 Å². The Morgan fingerprint density at radius 3 is 2.68 bits per heavy atom. The topological polar surface area (TPSA) is 118 Å². The molecule has 0 saturated heterocycles. The van der Waals surface area contributed by atoms with E-state index in [9.17, 15) is 17.6 Å². The number of rotatable bonds is 3. The Kier molecular flexibility index (Phi) is 3.32. The largest absolute Gasteiger partial charge is 0.322 e. The first-order valence-corrected chi connectivity index (χ1v) is 6.55. The molecule has 100 valence electrons. The van der Waals surface area contributed by atoms with Gasteiger partial charge in [-0.05, 0) is 18.2 Å². The third kappa shape index (κ3) is 2.95. The number of halogens is 1. The van der Waals surface area contributed by atoms with Gasteiger partial charge in [-0.2, -0.15) is 5.10 Å². The number of H-pyrrole nitrogens is 1. The molecular formula is C10H9FN4O3S. The fourth-order valence-corrected chi connectivity index (χ4v) is 1.98. The van der Waals surface area contributed by atoms with E-state index in [2.05, 4.69) is 15.5 Å². The van der Waals surface area contributed by atoms with Crippen LogP contribution in [0.3, 0.4) is 0 Å². The number of carbonyl (C=O) groups is 1. The lowest BCUT2D eigenvalue weighted by molar-refractivity contribution is 0.102. The second-order valence-corrected chi connectivity index (χ2v) is 5.16. The van der Waals surface area contributed by atoms with Gasteiger partial charge in [0, 0.05) is 11.9 Å². The molecule has 9 heteroatoms. The van der Waals surface area contributed by atoms with Crippen LogP contribution in [0.2, 0.25) is 0 Å². The minimum Gasteiger partial charge on any atom is -0.322 e. The van der Waals surface area contributed by atoms with Gasteiger partial charge in [0.2, 0.25) is 10.0 Å². The summed E-state index contributed by atoms with van der Waals surface area (Å²) in [6.45, 7) is 0. The maximum Gasteiger partial charge on any atom is 0.258 e. The summed E-state index contributed by atoms with van der Waals surface area (Å²) in [5, 5.41) is 13.3. The molecule has 0 aliphatic rings. The van der Waals surface area contributed by atoms with E-state index in [0.717, 1.165) is 12.1 Å². The zero-order valence-corrected chi connectivity index (χ0v) is 10.2. The standard InChI is InChI=1S/C10H9FN4O3S/c11-8-3-7(1-2-9(8)19(12,17)18)15-10(16)6-4-13-14-5-6/h1-5H,(H,13,14)(H,15,16)(H2,12,17,18). The van der Waals surface area contributed by atoms with Gasteiger partial charge >= 0.3 is 0 Å². The highest BCUT2D eigenvalue weighted by molar-refractivity contribution is 7.89. The highest BCUT2D eigenvalue weighted by Gasteiger charge is 2.15. The molecule has 0 atom stereocenters. The summed E-state index contributed by atoms with van der Waals surface area (Å²) in [5.74, 6) is -1.54. The lowest BCUT2D eigenvalue weighted by atomic mass is 10.3. The van der Waals surface area contributed by atoms with Crippen LogP contribution >= 0.6 is 0 Å². The van der Waals surface area contributed by atoms with Gasteiger partial charge in [-0.15, -0.1) is 0 Å². The smallest absolute Gasteiger partial charge is 0.258 e. The Morgan fingerprint density at radius 1 is 1.42 bits per heavy atom. The number of anilines is 1. The molecule has 0 fully saturated rings. The number of aromatic amines is 1. The van der Waals surface area contributed by atoms with E-state index in [1.807, 2.05) is 0 Å². The van der Waals surface area contributed by atoms with E-state index >= 15 is 0 Å². The molecule has 19 heavy (non-hydrogen) atoms. The quantitative estimate of drug-likeness (QED) is 0.758. The molecule has 7 nitrogen and oxygen atoms in total. The van der Waals surface area contributed by atoms with Crippen LogP contribution in [0.1, 0.15) is 10.4 Å². The normalized spacial score (nSPS) is 11.3. The summed E-state index contributed by atoms with van der Waals surface area (Å²) in [5.41, 5.74) is 0.368. The zero-order chi connectivity index (χ0) is 14.0. The van der Waals surface area contributed by atoms with Gasteiger partial charge in [0.25, 0.3) is 5.91 Å². The Labute approximate surface area is 107 Å². The number of primary sulfonamides is 1. The molecule has 1 aromatic heterocycles. The molecule has 0 saturated carbocycles. The third-order valence-corrected chi connectivity index (χ3v) is 3.20. The van der Waals surface area contributed by atoms with Gasteiger partial charge in [0.15, 0.2) is 0 Å². The molecule has 2 aromatic rings. The van der Waals surface area contributed by atoms with Crippen LogP contribution < -0.4 is 10.5 Å². The Morgan fingerprint density at radius 2 is 2.16 bits per heavy atom. The van der Waals surface area contributed by atoms with Crippen LogP contribution in [0.5, 0.6) is 0 Å². The molecular weight excluding hydrogens is 275 g/mol. The number of aromatic nitrogens is 2. The van der Waals surface area contributed by atoms with E-state index in [1.165, 1.54) is 18.5 Å². The van der Waals surface area contributed by atoms with Gasteiger partial charge < -0.3 is 5.32 Å². The highest BCUT2D eigenvalue weighted by atomic mass is 32.2. The fraction of sp³-hybridized carbons (Fsp3) is 0. The number of nitrogens with two attached hydrogens (primary N) is 1. The number of nitrogens with one attached hydrogen (secondary N) is 2. The van der Waals surface area contributed by atoms with Gasteiger partial charge in [0.1, 0.15) is 10.7 Å². The van der Waals surface area contributed by atoms with Crippen molar-refractivity contribution in [3.05, 3.63) is 42.0 Å². The minimum absolute atomic E-state index is 0.108. The van der Waals surface area contributed by atoms with Gasteiger partial charge in [-0.3, -0.25) is 9.89 Å². The molecule has 0 aliphatic heterocycles. The maximum atomic E-state index is 13.5. The summed E-state index contributed by atoms with van der Waals surface area (Å²) in [4.78, 5) is 11.0. The number of nitrogens with zero attached hydrogens (tertiary/aromatic N) is 1. The Bertz CT molecular complexity index is 712. The van der Waals surface area contributed by atoms with E-state index in [0.29, 0.717) is 0 Å². The predicted octanol–water partition coefficient (Wildman–Crippen LogP) is 0.449. The van der Waals surface area contributed by atoms with E-state index in [1.54, 1.807) is 0 Å². The lowest BCUT2D eigenvalue weighted by Crippen LogP contribution is -2.15. The lowest BCUT2D eigenvalue weighted by Gasteiger charge is -2.05. The highest BCUT2D eigenvalue weighted by Crippen LogP contribution is 2.18. The fourth-order valence-electron chi connectivity index (χ4n) is 1.39. The van der Waals surface area contributed by atoms with Crippen molar-refractivity contribution < 1.29 is 17.6 Å². The molecule has 4 N–H and O–H groups in total. The summed E-state index contributed by atoms with van der Waals surface area (Å²) < 4.78 is 35.5. The second kappa shape index (κ2) is 4.78. The van der Waals surface area contributed by atoms with Gasteiger partial charge in [-0.1, -0.05) is 0 Å². The minimum atomic E-state index is -4.12. The molecule has 0 aliphatic carbocycles. The average molecular weight is 284 g/mol. The summed E-state index contributed by atoms with van der Waals surface area (Å²) >= 11 is 0. The van der Waals surface area contributed by atoms with E-state index in [-0.39, 0.29) is 11.3 Å². The Hall–Kier alpha value is -2.26. The number of sulfonamides is 1. The summed E-state index contributed by atoms with van der Waals surface area (Å²) in [7, 11) is -4.12. The van der Waals surface area contributed by atoms with E-state index < -0.39 is 26.6 Å². The van der Waals surface area contributed by atoms with Crippen LogP contribution in [-0.2, 0) is 10.0 Å². The molecule has 0 radical (unpaired) electrons. The number of benzene rings is 1. The van der Waals surface area contributed by atoms with Crippen molar-refractivity contribution >= 4 is 21.6 Å². The average Bonchev–Trinajstić information content (AvgIpc) is 2.80. The van der Waals surface area contributed by atoms with Crippen LogP contribution in [0.4, 0.5) is 10.1 Å². The molecule has 1 amide bonds. The van der Waals surface area contributed by atoms with Crippen LogP contribution in [0.15, 0.2) is 35.5 Å². The van der Waals surface area contributed by atoms with Crippen molar-refractivity contribution in [2.75, 3.05) is 5.32 Å². The Balaban J connectivity index is 2.24. The maximum absolute atomic E-state index is 13.5. The first-order valence-electron chi connectivity index (χ1n) is 5.00. The van der Waals surface area contributed by atoms with Crippen molar-refractivity contribution in [2.45, 2.75) is 4.90 Å². The first-order chi connectivity index (χ1) is 8.88. The molecule has 0 unspecified atom stereocenters. The van der Waals surface area contributed by atoms with Crippen molar-refractivity contribution in [3.63, 3.8) is 0 Å². The molecule has 1 aromatic carbocycles. The molecule has 0 spiro atoms. The van der Waals surface area contributed by atoms with Gasteiger partial charge in [-0.25, -0.2) is 17.9 Å². The monoisotopic (exact) mass is 284 g/mol. The van der Waals surface area contributed by atoms with Crippen LogP contribution in [0.25, 0.3) is 0 Å². The van der Waals surface area contributed by atoms with Crippen LogP contribution in [0, 0.1) is 5.82 Å². The van der Waals surface area contributed by atoms with Crippen molar-refractivity contribution in [1.29, 1.82) is 0 Å². The predicted molar refractivity (Wildman–Crippen MR) is 64.3 cm³/mol. The second-order valence-electron chi connectivity index (χ2n) is 3.63. The van der Waals surface area contributed by atoms with Crippen molar-refractivity contribution in [3.8, 4) is 0 Å². The third-order valence-electron chi connectivity index (χ3n) is 2.26. The summed E-state index contributed by atoms with van der Waals surface area (Å²) in [6.07, 6.45) is 2.66. The van der Waals surface area contributed by atoms with Crippen LogP contribution in [-0.4, -0.2) is 24.5 Å². The van der Waals surface area contributed by atoms with Gasteiger partial charge in [0.05, 0.1) is 11.8 Å².